The number of nitrogens with one attached hydrogen (secondary N) is 1. The molecule has 2 aromatic heterocycles. The number of hydrogen-bond acceptors (Lipinski definition) is 4. The molecule has 2 rings (SSSR count). The average molecular weight is 287 g/mol. The number of carbonyl (C=O) groups is 1. The summed E-state index contributed by atoms with van der Waals surface area (Å²) in [5, 5.41) is 2.35. The van der Waals surface area contributed by atoms with Crippen LogP contribution < -0.4 is 5.32 Å². The van der Waals surface area contributed by atoms with Gasteiger partial charge in [0.05, 0.1) is 5.51 Å². The van der Waals surface area contributed by atoms with E-state index in [1.807, 2.05) is 0 Å². The first-order valence-electron chi connectivity index (χ1n) is 5.13. The molecule has 0 spiro atoms. The Kier molecular flexibility index (Phi) is 3.52. The van der Waals surface area contributed by atoms with Gasteiger partial charge in [0.15, 0.2) is 5.69 Å². The van der Waals surface area contributed by atoms with Gasteiger partial charge in [0.2, 0.25) is 0 Å². The van der Waals surface area contributed by atoms with Gasteiger partial charge in [-0.2, -0.15) is 13.2 Å². The molecule has 0 aromatic carbocycles. The van der Waals surface area contributed by atoms with Crippen molar-refractivity contribution in [2.75, 3.05) is 5.32 Å². The molecular formula is C11H8F3N3OS. The van der Waals surface area contributed by atoms with E-state index in [1.165, 1.54) is 6.20 Å². The number of pyridine rings is 1. The number of aromatic nitrogens is 2. The number of carbonyl (C=O) groups excluding carboxylic acids is 1. The number of aryl methyl sites for hydroxylation is 1. The van der Waals surface area contributed by atoms with Crippen LogP contribution in [0.3, 0.4) is 0 Å². The molecule has 0 unspecified atom stereocenters. The van der Waals surface area contributed by atoms with E-state index in [0.717, 1.165) is 5.51 Å². The number of rotatable bonds is 2. The van der Waals surface area contributed by atoms with E-state index in [2.05, 4.69) is 15.3 Å². The molecule has 2 aromatic rings. The second-order valence-electron chi connectivity index (χ2n) is 3.65. The highest BCUT2D eigenvalue weighted by molar-refractivity contribution is 7.12. The van der Waals surface area contributed by atoms with Crippen LogP contribution >= 0.6 is 11.3 Å². The van der Waals surface area contributed by atoms with Gasteiger partial charge >= 0.3 is 6.18 Å². The number of alkyl halides is 3. The molecule has 0 bridgehead atoms. The van der Waals surface area contributed by atoms with E-state index in [-0.39, 0.29) is 5.82 Å². The Labute approximate surface area is 110 Å². The summed E-state index contributed by atoms with van der Waals surface area (Å²) >= 11 is 0.639. The van der Waals surface area contributed by atoms with Crippen molar-refractivity contribution in [2.24, 2.45) is 0 Å². The summed E-state index contributed by atoms with van der Waals surface area (Å²) in [6.07, 6.45) is -3.20. The van der Waals surface area contributed by atoms with Crippen LogP contribution in [-0.2, 0) is 6.18 Å². The van der Waals surface area contributed by atoms with Gasteiger partial charge in [-0.1, -0.05) is 6.07 Å². The van der Waals surface area contributed by atoms with Gasteiger partial charge in [-0.3, -0.25) is 4.79 Å². The molecular weight excluding hydrogens is 279 g/mol. The minimum absolute atomic E-state index is 0.231. The lowest BCUT2D eigenvalue weighted by molar-refractivity contribution is -0.141. The SMILES string of the molecule is Cc1cccnc1NC(=O)c1scnc1C(F)(F)F. The number of amides is 1. The third-order valence-corrected chi connectivity index (χ3v) is 3.11. The highest BCUT2D eigenvalue weighted by Crippen LogP contribution is 2.32. The van der Waals surface area contributed by atoms with Crippen LogP contribution in [0.1, 0.15) is 20.9 Å². The van der Waals surface area contributed by atoms with Crippen molar-refractivity contribution in [1.82, 2.24) is 9.97 Å². The fraction of sp³-hybridized carbons (Fsp3) is 0.182. The van der Waals surface area contributed by atoms with Crippen molar-refractivity contribution >= 4 is 23.1 Å². The Bertz CT molecular complexity index is 609. The Morgan fingerprint density at radius 3 is 2.74 bits per heavy atom. The van der Waals surface area contributed by atoms with E-state index in [9.17, 15) is 18.0 Å². The average Bonchev–Trinajstić information content (AvgIpc) is 2.81. The molecule has 1 amide bonds. The fourth-order valence-electron chi connectivity index (χ4n) is 1.39. The van der Waals surface area contributed by atoms with Gasteiger partial charge in [0, 0.05) is 6.20 Å². The number of nitrogens with zero attached hydrogens (tertiary/aromatic N) is 2. The molecule has 0 aliphatic heterocycles. The molecule has 0 aliphatic carbocycles. The van der Waals surface area contributed by atoms with Crippen LogP contribution in [0.2, 0.25) is 0 Å². The molecule has 0 aliphatic rings. The summed E-state index contributed by atoms with van der Waals surface area (Å²) < 4.78 is 37.8. The normalized spacial score (nSPS) is 11.4. The lowest BCUT2D eigenvalue weighted by atomic mass is 10.3. The predicted octanol–water partition coefficient (Wildman–Crippen LogP) is 3.12. The first-order chi connectivity index (χ1) is 8.89. The monoisotopic (exact) mass is 287 g/mol. The maximum absolute atomic E-state index is 12.6. The lowest BCUT2D eigenvalue weighted by Gasteiger charge is -2.08. The number of thiazole rings is 1. The van der Waals surface area contributed by atoms with Crippen molar-refractivity contribution in [1.29, 1.82) is 0 Å². The van der Waals surface area contributed by atoms with E-state index < -0.39 is 22.7 Å². The number of hydrogen-bond donors (Lipinski definition) is 1. The number of anilines is 1. The standard InChI is InChI=1S/C11H8F3N3OS/c1-6-3-2-4-15-9(6)17-10(18)7-8(11(12,13)14)16-5-19-7/h2-5H,1H3,(H,15,17,18). The Morgan fingerprint density at radius 2 is 2.11 bits per heavy atom. The second kappa shape index (κ2) is 4.96. The van der Waals surface area contributed by atoms with Crippen LogP contribution in [0.5, 0.6) is 0 Å². The van der Waals surface area contributed by atoms with Crippen molar-refractivity contribution in [2.45, 2.75) is 13.1 Å². The molecule has 8 heteroatoms. The van der Waals surface area contributed by atoms with E-state index >= 15 is 0 Å². The summed E-state index contributed by atoms with van der Waals surface area (Å²) in [6.45, 7) is 1.69. The third kappa shape index (κ3) is 2.90. The zero-order chi connectivity index (χ0) is 14.0. The Balaban J connectivity index is 2.27. The van der Waals surface area contributed by atoms with Gasteiger partial charge in [-0.15, -0.1) is 11.3 Å². The van der Waals surface area contributed by atoms with Crippen LogP contribution in [-0.4, -0.2) is 15.9 Å². The van der Waals surface area contributed by atoms with Gasteiger partial charge in [0.25, 0.3) is 5.91 Å². The van der Waals surface area contributed by atoms with Gasteiger partial charge < -0.3 is 5.32 Å². The van der Waals surface area contributed by atoms with Crippen molar-refractivity contribution in [3.63, 3.8) is 0 Å². The minimum atomic E-state index is -4.65. The Hall–Kier alpha value is -1.96. The maximum Gasteiger partial charge on any atom is 0.434 e. The van der Waals surface area contributed by atoms with Gasteiger partial charge in [-0.05, 0) is 18.6 Å². The largest absolute Gasteiger partial charge is 0.434 e. The van der Waals surface area contributed by atoms with Crippen LogP contribution in [0.15, 0.2) is 23.8 Å². The smallest absolute Gasteiger partial charge is 0.306 e. The van der Waals surface area contributed by atoms with Gasteiger partial charge in [-0.25, -0.2) is 9.97 Å². The predicted molar refractivity (Wildman–Crippen MR) is 64.0 cm³/mol. The summed E-state index contributed by atoms with van der Waals surface area (Å²) in [4.78, 5) is 18.4. The second-order valence-corrected chi connectivity index (χ2v) is 4.51. The number of halogens is 3. The van der Waals surface area contributed by atoms with Crippen LogP contribution in [0.4, 0.5) is 19.0 Å². The molecule has 19 heavy (non-hydrogen) atoms. The topological polar surface area (TPSA) is 54.9 Å². The molecule has 0 fully saturated rings. The zero-order valence-electron chi connectivity index (χ0n) is 9.65. The molecule has 0 saturated heterocycles. The molecule has 0 saturated carbocycles. The zero-order valence-corrected chi connectivity index (χ0v) is 10.5. The summed E-state index contributed by atoms with van der Waals surface area (Å²) in [5.74, 6) is -0.634. The summed E-state index contributed by atoms with van der Waals surface area (Å²) in [5.41, 5.74) is 0.473. The molecule has 0 atom stereocenters. The summed E-state index contributed by atoms with van der Waals surface area (Å²) in [7, 11) is 0. The first kappa shape index (κ1) is 13.5. The highest BCUT2D eigenvalue weighted by Gasteiger charge is 2.38. The van der Waals surface area contributed by atoms with Crippen molar-refractivity contribution in [3.05, 3.63) is 40.0 Å². The van der Waals surface area contributed by atoms with E-state index in [1.54, 1.807) is 19.1 Å². The first-order valence-corrected chi connectivity index (χ1v) is 6.01. The van der Waals surface area contributed by atoms with Crippen LogP contribution in [0.25, 0.3) is 0 Å². The summed E-state index contributed by atoms with van der Waals surface area (Å²) in [6, 6.07) is 3.36. The highest BCUT2D eigenvalue weighted by atomic mass is 32.1. The molecule has 4 nitrogen and oxygen atoms in total. The molecule has 0 radical (unpaired) electrons. The quantitative estimate of drug-likeness (QED) is 0.923. The van der Waals surface area contributed by atoms with E-state index in [0.29, 0.717) is 16.9 Å². The minimum Gasteiger partial charge on any atom is -0.306 e. The van der Waals surface area contributed by atoms with Crippen LogP contribution in [0, 0.1) is 6.92 Å². The van der Waals surface area contributed by atoms with Crippen molar-refractivity contribution in [3.8, 4) is 0 Å². The molecule has 2 heterocycles. The molecule has 1 N–H and O–H groups in total. The van der Waals surface area contributed by atoms with Gasteiger partial charge in [0.1, 0.15) is 10.7 Å². The lowest BCUT2D eigenvalue weighted by Crippen LogP contribution is -2.18. The van der Waals surface area contributed by atoms with E-state index in [4.69, 9.17) is 0 Å². The van der Waals surface area contributed by atoms with Crippen molar-refractivity contribution < 1.29 is 18.0 Å². The fourth-order valence-corrected chi connectivity index (χ4v) is 2.09. The molecule has 100 valence electrons. The Morgan fingerprint density at radius 1 is 1.37 bits per heavy atom. The third-order valence-electron chi connectivity index (χ3n) is 2.28. The maximum atomic E-state index is 12.6.